The molecule has 0 spiro atoms. The zero-order valence-electron chi connectivity index (χ0n) is 18.9. The number of Topliss-reactive ketones (excluding diaryl/α,β-unsaturated/α-hetero) is 1. The van der Waals surface area contributed by atoms with Crippen LogP contribution in [0.2, 0.25) is 0 Å². The number of benzene rings is 2. The zero-order chi connectivity index (χ0) is 23.4. The summed E-state index contributed by atoms with van der Waals surface area (Å²) in [7, 11) is 1.55. The predicted molar refractivity (Wildman–Crippen MR) is 126 cm³/mol. The summed E-state index contributed by atoms with van der Waals surface area (Å²) in [6.07, 6.45) is 5.60. The van der Waals surface area contributed by atoms with E-state index in [0.29, 0.717) is 17.9 Å². The van der Waals surface area contributed by atoms with E-state index in [-0.39, 0.29) is 36.3 Å². The molecule has 2 amide bonds. The van der Waals surface area contributed by atoms with Crippen molar-refractivity contribution in [1.82, 2.24) is 4.90 Å². The van der Waals surface area contributed by atoms with Crippen LogP contribution in [0, 0.1) is 11.8 Å². The number of carbonyl (C=O) groups excluding carboxylic acids is 3. The molecule has 0 radical (unpaired) electrons. The molecule has 0 unspecified atom stereocenters. The highest BCUT2D eigenvalue weighted by Crippen LogP contribution is 2.49. The molecular formula is C27H26N2O5. The number of amides is 2. The fraction of sp³-hybridized carbons (Fsp3) is 0.370. The van der Waals surface area contributed by atoms with Crippen LogP contribution in [0.1, 0.15) is 28.8 Å². The normalized spacial score (nSPS) is 29.3. The minimum Gasteiger partial charge on any atom is -0.497 e. The molecule has 0 N–H and O–H groups in total. The van der Waals surface area contributed by atoms with E-state index in [0.717, 1.165) is 24.1 Å². The van der Waals surface area contributed by atoms with Crippen LogP contribution in [0.5, 0.6) is 5.75 Å². The lowest BCUT2D eigenvalue weighted by molar-refractivity contribution is -0.142. The van der Waals surface area contributed by atoms with Crippen molar-refractivity contribution in [3.63, 3.8) is 0 Å². The second-order valence-electron chi connectivity index (χ2n) is 9.33. The van der Waals surface area contributed by atoms with Crippen molar-refractivity contribution in [2.75, 3.05) is 25.2 Å². The highest BCUT2D eigenvalue weighted by molar-refractivity contribution is 6.14. The van der Waals surface area contributed by atoms with Crippen LogP contribution in [-0.2, 0) is 14.3 Å². The van der Waals surface area contributed by atoms with Crippen molar-refractivity contribution in [1.29, 1.82) is 0 Å². The Morgan fingerprint density at radius 1 is 1.09 bits per heavy atom. The van der Waals surface area contributed by atoms with Crippen molar-refractivity contribution >= 4 is 29.4 Å². The predicted octanol–water partition coefficient (Wildman–Crippen LogP) is 2.94. The van der Waals surface area contributed by atoms with E-state index in [1.807, 2.05) is 41.3 Å². The highest BCUT2D eigenvalue weighted by Gasteiger charge is 2.64. The molecule has 2 aromatic carbocycles. The second kappa shape index (κ2) is 8.09. The molecule has 2 aromatic rings. The van der Waals surface area contributed by atoms with Crippen molar-refractivity contribution in [3.05, 3.63) is 65.7 Å². The molecule has 4 heterocycles. The van der Waals surface area contributed by atoms with Gasteiger partial charge in [-0.25, -0.2) is 0 Å². The number of para-hydroxylation sites is 1. The summed E-state index contributed by atoms with van der Waals surface area (Å²) in [5.74, 6) is -1.42. The van der Waals surface area contributed by atoms with Gasteiger partial charge in [0.2, 0.25) is 11.8 Å². The standard InChI is InChI=1S/C27H26N2O5/c1-33-18-8-4-7-17(14-18)25(30)24-23-22(21-12-11-16-6-2-3-10-20(16)29(21)24)26(31)28(27(23)32)15-19-9-5-13-34-19/h2-4,6-8,10-12,14,19,21-24H,5,9,13,15H2,1H3/t19-,21+,22+,23+,24+/m0/s1. The number of ketones is 1. The van der Waals surface area contributed by atoms with E-state index in [2.05, 4.69) is 0 Å². The first-order valence-electron chi connectivity index (χ1n) is 11.8. The molecule has 0 bridgehead atoms. The number of hydrogen-bond acceptors (Lipinski definition) is 6. The van der Waals surface area contributed by atoms with Crippen molar-refractivity contribution in [2.45, 2.75) is 31.0 Å². The molecule has 4 aliphatic heterocycles. The Balaban J connectivity index is 1.43. The van der Waals surface area contributed by atoms with Gasteiger partial charge in [0, 0.05) is 17.9 Å². The van der Waals surface area contributed by atoms with Gasteiger partial charge in [-0.1, -0.05) is 42.5 Å². The van der Waals surface area contributed by atoms with Crippen LogP contribution >= 0.6 is 0 Å². The van der Waals surface area contributed by atoms with E-state index in [9.17, 15) is 14.4 Å². The number of nitrogens with zero attached hydrogens (tertiary/aromatic N) is 2. The molecule has 3 saturated heterocycles. The maximum absolute atomic E-state index is 14.0. The van der Waals surface area contributed by atoms with E-state index in [1.54, 1.807) is 31.4 Å². The van der Waals surface area contributed by atoms with Gasteiger partial charge in [-0.3, -0.25) is 19.3 Å². The van der Waals surface area contributed by atoms with E-state index < -0.39 is 17.9 Å². The number of imide groups is 1. The topological polar surface area (TPSA) is 76.1 Å². The van der Waals surface area contributed by atoms with Crippen molar-refractivity contribution in [3.8, 4) is 5.75 Å². The van der Waals surface area contributed by atoms with E-state index in [1.165, 1.54) is 4.90 Å². The Kier molecular flexibility index (Phi) is 5.03. The minimum absolute atomic E-state index is 0.127. The minimum atomic E-state index is -0.779. The third kappa shape index (κ3) is 3.10. The lowest BCUT2D eigenvalue weighted by Crippen LogP contribution is -2.49. The van der Waals surface area contributed by atoms with E-state index in [4.69, 9.17) is 9.47 Å². The Bertz CT molecular complexity index is 1200. The van der Waals surface area contributed by atoms with Gasteiger partial charge >= 0.3 is 0 Å². The van der Waals surface area contributed by atoms with Crippen LogP contribution in [0.3, 0.4) is 0 Å². The second-order valence-corrected chi connectivity index (χ2v) is 9.33. The van der Waals surface area contributed by atoms with Crippen LogP contribution in [0.4, 0.5) is 5.69 Å². The first-order valence-corrected chi connectivity index (χ1v) is 11.8. The summed E-state index contributed by atoms with van der Waals surface area (Å²) in [5, 5.41) is 0. The summed E-state index contributed by atoms with van der Waals surface area (Å²) >= 11 is 0. The van der Waals surface area contributed by atoms with Crippen LogP contribution in [0.25, 0.3) is 6.08 Å². The summed E-state index contributed by atoms with van der Waals surface area (Å²) in [4.78, 5) is 44.7. The third-order valence-electron chi connectivity index (χ3n) is 7.54. The fourth-order valence-electron chi connectivity index (χ4n) is 5.99. The quantitative estimate of drug-likeness (QED) is 0.507. The van der Waals surface area contributed by atoms with Gasteiger partial charge in [0.05, 0.1) is 37.6 Å². The molecule has 4 aliphatic rings. The smallest absolute Gasteiger partial charge is 0.235 e. The van der Waals surface area contributed by atoms with Gasteiger partial charge in [0.1, 0.15) is 11.8 Å². The van der Waals surface area contributed by atoms with Crippen LogP contribution in [-0.4, -0.2) is 60.9 Å². The molecule has 0 aromatic heterocycles. The maximum atomic E-state index is 14.0. The van der Waals surface area contributed by atoms with Gasteiger partial charge in [0.25, 0.3) is 0 Å². The number of methoxy groups -OCH3 is 1. The largest absolute Gasteiger partial charge is 0.497 e. The van der Waals surface area contributed by atoms with Crippen LogP contribution < -0.4 is 9.64 Å². The summed E-state index contributed by atoms with van der Waals surface area (Å²) in [5.41, 5.74) is 2.31. The van der Waals surface area contributed by atoms with Crippen molar-refractivity contribution < 1.29 is 23.9 Å². The van der Waals surface area contributed by atoms with Gasteiger partial charge in [-0.05, 0) is 36.6 Å². The van der Waals surface area contributed by atoms with Crippen molar-refractivity contribution in [2.24, 2.45) is 11.8 Å². The van der Waals surface area contributed by atoms with Gasteiger partial charge in [-0.15, -0.1) is 0 Å². The average Bonchev–Trinajstić information content (AvgIpc) is 3.57. The van der Waals surface area contributed by atoms with Gasteiger partial charge < -0.3 is 14.4 Å². The molecule has 174 valence electrons. The number of hydrogen-bond donors (Lipinski definition) is 0. The van der Waals surface area contributed by atoms with Gasteiger partial charge in [-0.2, -0.15) is 0 Å². The Morgan fingerprint density at radius 3 is 2.71 bits per heavy atom. The van der Waals surface area contributed by atoms with E-state index >= 15 is 0 Å². The number of fused-ring (bicyclic) bond motifs is 5. The molecule has 7 nitrogen and oxygen atoms in total. The molecule has 6 rings (SSSR count). The Hall–Kier alpha value is -3.45. The Morgan fingerprint density at radius 2 is 1.91 bits per heavy atom. The molecular weight excluding hydrogens is 432 g/mol. The Labute approximate surface area is 197 Å². The fourth-order valence-corrected chi connectivity index (χ4v) is 5.99. The average molecular weight is 459 g/mol. The SMILES string of the molecule is COc1cccc(C(=O)[C@H]2[C@@H]3C(=O)N(C[C@@H]4CCCO4)C(=O)[C@@H]3[C@H]3C=Cc4ccccc4N32)c1. The summed E-state index contributed by atoms with van der Waals surface area (Å²) in [6.45, 7) is 0.915. The number of anilines is 1. The molecule has 0 aliphatic carbocycles. The lowest BCUT2D eigenvalue weighted by Gasteiger charge is -2.36. The number of carbonyl (C=O) groups is 3. The first kappa shape index (κ1) is 21.1. The van der Waals surface area contributed by atoms with Gasteiger partial charge in [0.15, 0.2) is 5.78 Å². The number of ether oxygens (including phenoxy) is 2. The number of likely N-dealkylation sites (tertiary alicyclic amines) is 1. The molecule has 7 heteroatoms. The molecule has 5 atom stereocenters. The molecule has 3 fully saturated rings. The monoisotopic (exact) mass is 458 g/mol. The lowest BCUT2D eigenvalue weighted by atomic mass is 9.86. The third-order valence-corrected chi connectivity index (χ3v) is 7.54. The molecule has 0 saturated carbocycles. The summed E-state index contributed by atoms with van der Waals surface area (Å²) in [6, 6.07) is 13.7. The van der Waals surface area contributed by atoms with Crippen LogP contribution in [0.15, 0.2) is 54.6 Å². The molecule has 34 heavy (non-hydrogen) atoms. The maximum Gasteiger partial charge on any atom is 0.235 e. The number of rotatable bonds is 5. The first-order chi connectivity index (χ1) is 16.6. The summed E-state index contributed by atoms with van der Waals surface area (Å²) < 4.78 is 11.0. The highest BCUT2D eigenvalue weighted by atomic mass is 16.5. The zero-order valence-corrected chi connectivity index (χ0v) is 18.9.